The lowest BCUT2D eigenvalue weighted by Gasteiger charge is -2.32. The van der Waals surface area contributed by atoms with Gasteiger partial charge in [-0.1, -0.05) is 43.6 Å². The number of hydrogen-bond donors (Lipinski definition) is 0. The van der Waals surface area contributed by atoms with Gasteiger partial charge in [0.05, 0.1) is 11.2 Å². The largest absolute Gasteiger partial charge is 0.338 e. The smallest absolute Gasteiger partial charge is 0.226 e. The second-order valence-corrected chi connectivity index (χ2v) is 7.14. The lowest BCUT2D eigenvalue weighted by Crippen LogP contribution is -2.45. The van der Waals surface area contributed by atoms with E-state index in [0.717, 1.165) is 48.7 Å². The number of fused-ring (bicyclic) bond motifs is 1. The summed E-state index contributed by atoms with van der Waals surface area (Å²) >= 11 is 6.45. The number of aryl methyl sites for hydroxylation is 1. The molecule has 1 fully saturated rings. The fraction of sp³-hybridized carbons (Fsp3) is 0.364. The van der Waals surface area contributed by atoms with Gasteiger partial charge >= 0.3 is 0 Å². The number of halogens is 2. The van der Waals surface area contributed by atoms with Crippen molar-refractivity contribution in [3.05, 3.63) is 52.9 Å². The number of hydrogen-bond acceptors (Lipinski definition) is 4. The minimum atomic E-state index is -0.293. The molecule has 2 aromatic carbocycles. The molecule has 6 heteroatoms. The van der Waals surface area contributed by atoms with Crippen molar-refractivity contribution in [1.82, 2.24) is 14.9 Å². The molecule has 0 bridgehead atoms. The van der Waals surface area contributed by atoms with Crippen molar-refractivity contribution in [3.8, 4) is 11.1 Å². The summed E-state index contributed by atoms with van der Waals surface area (Å²) in [6.07, 6.45) is 0. The van der Waals surface area contributed by atoms with E-state index in [9.17, 15) is 4.39 Å². The van der Waals surface area contributed by atoms with Gasteiger partial charge in [0.1, 0.15) is 5.82 Å². The summed E-state index contributed by atoms with van der Waals surface area (Å²) < 4.78 is 14.2. The molecule has 148 valence electrons. The number of piperazine rings is 1. The van der Waals surface area contributed by atoms with Crippen LogP contribution in [-0.2, 0) is 0 Å². The average Bonchev–Trinajstić information content (AvgIpc) is 2.71. The highest BCUT2D eigenvalue weighted by atomic mass is 35.5. The van der Waals surface area contributed by atoms with Gasteiger partial charge in [-0.05, 0) is 32.2 Å². The molecular weight excluding hydrogens is 375 g/mol. The Morgan fingerprint density at radius 2 is 1.64 bits per heavy atom. The molecule has 1 aromatic heterocycles. The zero-order valence-electron chi connectivity index (χ0n) is 16.8. The number of nitrogens with zero attached hydrogens (tertiary/aromatic N) is 4. The molecule has 2 heterocycles. The van der Waals surface area contributed by atoms with Crippen LogP contribution in [0.5, 0.6) is 0 Å². The maximum Gasteiger partial charge on any atom is 0.226 e. The van der Waals surface area contributed by atoms with E-state index in [1.54, 1.807) is 18.2 Å². The van der Waals surface area contributed by atoms with Gasteiger partial charge in [0, 0.05) is 47.7 Å². The quantitative estimate of drug-likeness (QED) is 0.593. The first-order chi connectivity index (χ1) is 13.5. The molecule has 0 atom stereocenters. The third-order valence-corrected chi connectivity index (χ3v) is 5.23. The Morgan fingerprint density at radius 3 is 2.32 bits per heavy atom. The summed E-state index contributed by atoms with van der Waals surface area (Å²) in [5.74, 6) is 0.434. The third-order valence-electron chi connectivity index (χ3n) is 4.91. The van der Waals surface area contributed by atoms with E-state index in [2.05, 4.69) is 21.8 Å². The molecule has 0 N–H and O–H groups in total. The molecule has 3 aromatic rings. The number of aromatic nitrogens is 2. The fourth-order valence-corrected chi connectivity index (χ4v) is 3.59. The Hall–Kier alpha value is -2.24. The molecule has 0 spiro atoms. The highest BCUT2D eigenvalue weighted by Crippen LogP contribution is 2.34. The van der Waals surface area contributed by atoms with Crippen molar-refractivity contribution in [3.63, 3.8) is 0 Å². The normalized spacial score (nSPS) is 14.7. The molecule has 0 radical (unpaired) electrons. The first kappa shape index (κ1) is 20.5. The van der Waals surface area contributed by atoms with Crippen LogP contribution in [-0.4, -0.2) is 48.1 Å². The van der Waals surface area contributed by atoms with E-state index < -0.39 is 0 Å². The first-order valence-electron chi connectivity index (χ1n) is 9.69. The maximum atomic E-state index is 14.2. The van der Waals surface area contributed by atoms with Crippen LogP contribution < -0.4 is 4.90 Å². The van der Waals surface area contributed by atoms with Crippen molar-refractivity contribution in [2.45, 2.75) is 20.8 Å². The zero-order valence-corrected chi connectivity index (χ0v) is 17.6. The van der Waals surface area contributed by atoms with Crippen LogP contribution in [0.1, 0.15) is 19.5 Å². The molecule has 28 heavy (non-hydrogen) atoms. The number of rotatable bonds is 2. The highest BCUT2D eigenvalue weighted by Gasteiger charge is 2.19. The van der Waals surface area contributed by atoms with Gasteiger partial charge in [-0.15, -0.1) is 0 Å². The van der Waals surface area contributed by atoms with Crippen LogP contribution in [0.2, 0.25) is 5.02 Å². The van der Waals surface area contributed by atoms with E-state index in [-0.39, 0.29) is 5.82 Å². The standard InChI is InChI=1S/C20H20ClFN4.C2H6/c1-13-15-11-17(21)16(14-5-3-4-6-18(14)22)12-19(15)24-20(23-13)26-9-7-25(2)8-10-26;1-2/h3-6,11-12H,7-10H2,1-2H3;1-2H3. The lowest BCUT2D eigenvalue weighted by atomic mass is 10.0. The summed E-state index contributed by atoms with van der Waals surface area (Å²) in [7, 11) is 2.12. The van der Waals surface area contributed by atoms with E-state index in [4.69, 9.17) is 16.6 Å². The molecule has 1 saturated heterocycles. The van der Waals surface area contributed by atoms with Gasteiger partial charge in [0.25, 0.3) is 0 Å². The van der Waals surface area contributed by atoms with Gasteiger partial charge in [-0.2, -0.15) is 0 Å². The summed E-state index contributed by atoms with van der Waals surface area (Å²) in [6.45, 7) is 9.73. The predicted molar refractivity (Wildman–Crippen MR) is 116 cm³/mol. The fourth-order valence-electron chi connectivity index (χ4n) is 3.32. The van der Waals surface area contributed by atoms with Gasteiger partial charge in [0.15, 0.2) is 0 Å². The van der Waals surface area contributed by atoms with Crippen LogP contribution in [0.15, 0.2) is 36.4 Å². The Morgan fingerprint density at radius 1 is 0.964 bits per heavy atom. The second-order valence-electron chi connectivity index (χ2n) is 6.73. The van der Waals surface area contributed by atoms with E-state index in [1.807, 2.05) is 32.9 Å². The first-order valence-corrected chi connectivity index (χ1v) is 10.1. The highest BCUT2D eigenvalue weighted by molar-refractivity contribution is 6.34. The molecule has 0 saturated carbocycles. The van der Waals surface area contributed by atoms with E-state index in [0.29, 0.717) is 16.1 Å². The number of benzene rings is 2. The summed E-state index contributed by atoms with van der Waals surface area (Å²) in [4.78, 5) is 13.9. The predicted octanol–water partition coefficient (Wildman–Crippen LogP) is 5.18. The van der Waals surface area contributed by atoms with Crippen molar-refractivity contribution in [1.29, 1.82) is 0 Å². The molecule has 0 unspecified atom stereocenters. The lowest BCUT2D eigenvalue weighted by molar-refractivity contribution is 0.311. The molecule has 4 rings (SSSR count). The molecule has 0 amide bonds. The molecule has 4 nitrogen and oxygen atoms in total. The van der Waals surface area contributed by atoms with Crippen LogP contribution in [0.3, 0.4) is 0 Å². The summed E-state index contributed by atoms with van der Waals surface area (Å²) in [5, 5.41) is 1.40. The van der Waals surface area contributed by atoms with E-state index in [1.165, 1.54) is 6.07 Å². The minimum absolute atomic E-state index is 0.293. The topological polar surface area (TPSA) is 32.3 Å². The third kappa shape index (κ3) is 4.10. The number of anilines is 1. The molecule has 0 aliphatic carbocycles. The van der Waals surface area contributed by atoms with Crippen LogP contribution in [0.25, 0.3) is 22.0 Å². The monoisotopic (exact) mass is 400 g/mol. The van der Waals surface area contributed by atoms with Gasteiger partial charge in [0.2, 0.25) is 5.95 Å². The van der Waals surface area contributed by atoms with E-state index >= 15 is 0 Å². The zero-order chi connectivity index (χ0) is 20.3. The Balaban J connectivity index is 0.00000109. The summed E-state index contributed by atoms with van der Waals surface area (Å²) in [5.41, 5.74) is 2.80. The van der Waals surface area contributed by atoms with Crippen molar-refractivity contribution in [2.75, 3.05) is 38.1 Å². The van der Waals surface area contributed by atoms with Gasteiger partial charge in [-0.25, -0.2) is 14.4 Å². The van der Waals surface area contributed by atoms with Crippen LogP contribution in [0, 0.1) is 12.7 Å². The van der Waals surface area contributed by atoms with Crippen molar-refractivity contribution < 1.29 is 4.39 Å². The molecular formula is C22H26ClFN4. The van der Waals surface area contributed by atoms with Crippen LogP contribution >= 0.6 is 11.6 Å². The number of likely N-dealkylation sites (N-methyl/N-ethyl adjacent to an activating group) is 1. The summed E-state index contributed by atoms with van der Waals surface area (Å²) in [6, 6.07) is 10.4. The Kier molecular flexibility index (Phi) is 6.47. The molecule has 1 aliphatic heterocycles. The maximum absolute atomic E-state index is 14.2. The van der Waals surface area contributed by atoms with Gasteiger partial charge in [-0.3, -0.25) is 0 Å². The Labute approximate surface area is 171 Å². The Bertz CT molecular complexity index is 968. The SMILES string of the molecule is CC.Cc1nc(N2CCN(C)CC2)nc2cc(-c3ccccc3F)c(Cl)cc12. The minimum Gasteiger partial charge on any atom is -0.338 e. The second kappa shape index (κ2) is 8.84. The van der Waals surface area contributed by atoms with Crippen LogP contribution in [0.4, 0.5) is 10.3 Å². The van der Waals surface area contributed by atoms with Crippen molar-refractivity contribution in [2.24, 2.45) is 0 Å². The molecule has 1 aliphatic rings. The van der Waals surface area contributed by atoms with Crippen molar-refractivity contribution >= 4 is 28.5 Å². The average molecular weight is 401 g/mol. The van der Waals surface area contributed by atoms with Gasteiger partial charge < -0.3 is 9.80 Å².